The summed E-state index contributed by atoms with van der Waals surface area (Å²) in [4.78, 5) is 12.8. The molecule has 0 fully saturated rings. The van der Waals surface area contributed by atoms with Gasteiger partial charge in [-0.3, -0.25) is 4.79 Å². The number of thioether (sulfide) groups is 1. The molecule has 5 nitrogen and oxygen atoms in total. The first-order chi connectivity index (χ1) is 13.5. The van der Waals surface area contributed by atoms with Crippen LogP contribution in [0, 0.1) is 20.8 Å². The summed E-state index contributed by atoms with van der Waals surface area (Å²) in [7, 11) is 0. The standard InChI is InChI=1S/C22H26N4OS/c1-5-12-26-18(4)23-24-22(26)28-15-21(27)20-14-16(2)25(17(20)3)13-11-19-9-7-6-8-10-19/h5-10,14H,1,11-13,15H2,2-4H3. The van der Waals surface area contributed by atoms with Crippen LogP contribution < -0.4 is 0 Å². The molecule has 0 bridgehead atoms. The number of aryl methyl sites for hydroxylation is 3. The molecule has 0 spiro atoms. The van der Waals surface area contributed by atoms with Crippen LogP contribution in [-0.2, 0) is 19.5 Å². The molecule has 0 aliphatic carbocycles. The van der Waals surface area contributed by atoms with Gasteiger partial charge in [0.2, 0.25) is 0 Å². The number of ketones is 1. The molecule has 0 N–H and O–H groups in total. The fourth-order valence-corrected chi connectivity index (χ4v) is 4.21. The highest BCUT2D eigenvalue weighted by Gasteiger charge is 2.17. The topological polar surface area (TPSA) is 52.7 Å². The van der Waals surface area contributed by atoms with Crippen LogP contribution in [0.3, 0.4) is 0 Å². The molecule has 2 aromatic heterocycles. The zero-order valence-corrected chi connectivity index (χ0v) is 17.5. The van der Waals surface area contributed by atoms with Crippen LogP contribution in [0.15, 0.2) is 54.2 Å². The Labute approximate surface area is 170 Å². The molecular weight excluding hydrogens is 368 g/mol. The third-order valence-corrected chi connectivity index (χ3v) is 5.85. The van der Waals surface area contributed by atoms with E-state index in [2.05, 4.69) is 52.5 Å². The quantitative estimate of drug-likeness (QED) is 0.306. The van der Waals surface area contributed by atoms with Gasteiger partial charge in [-0.2, -0.15) is 0 Å². The van der Waals surface area contributed by atoms with Gasteiger partial charge in [-0.05, 0) is 38.8 Å². The first-order valence-electron chi connectivity index (χ1n) is 9.38. The van der Waals surface area contributed by atoms with Crippen molar-refractivity contribution < 1.29 is 4.79 Å². The van der Waals surface area contributed by atoms with Crippen molar-refractivity contribution in [1.82, 2.24) is 19.3 Å². The summed E-state index contributed by atoms with van der Waals surface area (Å²) in [6, 6.07) is 12.4. The van der Waals surface area contributed by atoms with Gasteiger partial charge in [-0.15, -0.1) is 16.8 Å². The van der Waals surface area contributed by atoms with E-state index >= 15 is 0 Å². The van der Waals surface area contributed by atoms with Crippen LogP contribution in [0.25, 0.3) is 0 Å². The van der Waals surface area contributed by atoms with Gasteiger partial charge in [-0.1, -0.05) is 48.2 Å². The van der Waals surface area contributed by atoms with Crippen molar-refractivity contribution >= 4 is 17.5 Å². The van der Waals surface area contributed by atoms with Crippen molar-refractivity contribution in [2.45, 2.75) is 45.4 Å². The number of nitrogens with zero attached hydrogens (tertiary/aromatic N) is 4. The Balaban J connectivity index is 1.68. The fourth-order valence-electron chi connectivity index (χ4n) is 3.33. The highest BCUT2D eigenvalue weighted by molar-refractivity contribution is 7.99. The lowest BCUT2D eigenvalue weighted by Gasteiger charge is -2.10. The smallest absolute Gasteiger partial charge is 0.191 e. The van der Waals surface area contributed by atoms with E-state index in [1.165, 1.54) is 17.3 Å². The van der Waals surface area contributed by atoms with Crippen LogP contribution >= 0.6 is 11.8 Å². The second kappa shape index (κ2) is 9.06. The van der Waals surface area contributed by atoms with Gasteiger partial charge >= 0.3 is 0 Å². The van der Waals surface area contributed by atoms with Crippen LogP contribution in [0.4, 0.5) is 0 Å². The number of allylic oxidation sites excluding steroid dienone is 1. The van der Waals surface area contributed by atoms with Gasteiger partial charge < -0.3 is 9.13 Å². The van der Waals surface area contributed by atoms with E-state index in [4.69, 9.17) is 0 Å². The molecule has 2 heterocycles. The van der Waals surface area contributed by atoms with Crippen LogP contribution in [0.1, 0.15) is 33.1 Å². The number of benzene rings is 1. The first-order valence-corrected chi connectivity index (χ1v) is 10.4. The van der Waals surface area contributed by atoms with Crippen LogP contribution in [-0.4, -0.2) is 30.9 Å². The van der Waals surface area contributed by atoms with Crippen molar-refractivity contribution in [3.8, 4) is 0 Å². The number of aromatic nitrogens is 4. The summed E-state index contributed by atoms with van der Waals surface area (Å²) in [5, 5.41) is 9.04. The summed E-state index contributed by atoms with van der Waals surface area (Å²) in [5.74, 6) is 1.29. The zero-order chi connectivity index (χ0) is 20.1. The van der Waals surface area contributed by atoms with E-state index in [-0.39, 0.29) is 5.78 Å². The van der Waals surface area contributed by atoms with Gasteiger partial charge in [-0.25, -0.2) is 0 Å². The minimum absolute atomic E-state index is 0.120. The van der Waals surface area contributed by atoms with Crippen molar-refractivity contribution in [2.75, 3.05) is 5.75 Å². The van der Waals surface area contributed by atoms with Crippen molar-refractivity contribution in [3.05, 3.63) is 77.4 Å². The third-order valence-electron chi connectivity index (χ3n) is 4.89. The van der Waals surface area contributed by atoms with Crippen LogP contribution in [0.2, 0.25) is 0 Å². The number of hydrogen-bond acceptors (Lipinski definition) is 4. The van der Waals surface area contributed by atoms with Gasteiger partial charge in [0.1, 0.15) is 5.82 Å². The van der Waals surface area contributed by atoms with Crippen LogP contribution in [0.5, 0.6) is 0 Å². The first kappa shape index (κ1) is 20.1. The third kappa shape index (κ3) is 4.44. The lowest BCUT2D eigenvalue weighted by molar-refractivity contribution is 0.102. The number of hydrogen-bond donors (Lipinski definition) is 0. The molecule has 0 saturated heterocycles. The summed E-state index contributed by atoms with van der Waals surface area (Å²) in [6.07, 6.45) is 2.76. The second-order valence-corrected chi connectivity index (χ2v) is 7.76. The van der Waals surface area contributed by atoms with Crippen molar-refractivity contribution in [3.63, 3.8) is 0 Å². The van der Waals surface area contributed by atoms with Crippen molar-refractivity contribution in [2.24, 2.45) is 0 Å². The lowest BCUT2D eigenvalue weighted by Crippen LogP contribution is -2.09. The van der Waals surface area contributed by atoms with Crippen molar-refractivity contribution in [1.29, 1.82) is 0 Å². The molecule has 3 rings (SSSR count). The maximum atomic E-state index is 12.8. The van der Waals surface area contributed by atoms with E-state index in [0.29, 0.717) is 12.3 Å². The Morgan fingerprint density at radius 1 is 1.14 bits per heavy atom. The molecule has 0 radical (unpaired) electrons. The Bertz CT molecular complexity index is 972. The maximum Gasteiger partial charge on any atom is 0.191 e. The molecule has 6 heteroatoms. The van der Waals surface area contributed by atoms with Gasteiger partial charge in [0.15, 0.2) is 10.9 Å². The Kier molecular flexibility index (Phi) is 6.52. The fraction of sp³-hybridized carbons (Fsp3) is 0.318. The molecule has 1 aromatic carbocycles. The molecule has 146 valence electrons. The maximum absolute atomic E-state index is 12.8. The summed E-state index contributed by atoms with van der Waals surface area (Å²) >= 11 is 1.43. The second-order valence-electron chi connectivity index (χ2n) is 6.81. The molecule has 28 heavy (non-hydrogen) atoms. The average molecular weight is 395 g/mol. The molecule has 0 atom stereocenters. The largest absolute Gasteiger partial charge is 0.348 e. The lowest BCUT2D eigenvalue weighted by atomic mass is 10.1. The number of carbonyl (C=O) groups is 1. The number of rotatable bonds is 9. The van der Waals surface area contributed by atoms with E-state index in [0.717, 1.165) is 40.9 Å². The minimum atomic E-state index is 0.120. The molecule has 0 aliphatic rings. The van der Waals surface area contributed by atoms with E-state index in [1.807, 2.05) is 36.6 Å². The number of carbonyl (C=O) groups excluding carboxylic acids is 1. The monoisotopic (exact) mass is 394 g/mol. The number of Topliss-reactive ketones (excluding diaryl/α,β-unsaturated/α-hetero) is 1. The van der Waals surface area contributed by atoms with E-state index in [9.17, 15) is 4.79 Å². The van der Waals surface area contributed by atoms with E-state index < -0.39 is 0 Å². The predicted octanol–water partition coefficient (Wildman–Crippen LogP) is 4.41. The molecule has 3 aromatic rings. The molecular formula is C22H26N4OS. The highest BCUT2D eigenvalue weighted by atomic mass is 32.2. The zero-order valence-electron chi connectivity index (χ0n) is 16.7. The Morgan fingerprint density at radius 2 is 1.89 bits per heavy atom. The highest BCUT2D eigenvalue weighted by Crippen LogP contribution is 2.22. The van der Waals surface area contributed by atoms with Gasteiger partial charge in [0, 0.05) is 30.0 Å². The minimum Gasteiger partial charge on any atom is -0.348 e. The van der Waals surface area contributed by atoms with E-state index in [1.54, 1.807) is 0 Å². The summed E-state index contributed by atoms with van der Waals surface area (Å²) in [5.41, 5.74) is 4.25. The predicted molar refractivity (Wildman–Crippen MR) is 114 cm³/mol. The summed E-state index contributed by atoms with van der Waals surface area (Å²) in [6.45, 7) is 11.3. The molecule has 0 amide bonds. The average Bonchev–Trinajstić information content (AvgIpc) is 3.19. The molecule has 0 aliphatic heterocycles. The Morgan fingerprint density at radius 3 is 2.61 bits per heavy atom. The normalized spacial score (nSPS) is 11.0. The molecule has 0 saturated carbocycles. The van der Waals surface area contributed by atoms with Gasteiger partial charge in [0.25, 0.3) is 0 Å². The SMILES string of the molecule is C=CCn1c(C)nnc1SCC(=O)c1cc(C)n(CCc2ccccc2)c1C. The van der Waals surface area contributed by atoms with Gasteiger partial charge in [0.05, 0.1) is 5.75 Å². The molecule has 0 unspecified atom stereocenters. The Hall–Kier alpha value is -2.60. The summed E-state index contributed by atoms with van der Waals surface area (Å²) < 4.78 is 4.20.